The van der Waals surface area contributed by atoms with Gasteiger partial charge in [0, 0.05) is 37.1 Å². The van der Waals surface area contributed by atoms with Crippen molar-refractivity contribution < 1.29 is 13.2 Å². The Morgan fingerprint density at radius 1 is 1.13 bits per heavy atom. The van der Waals surface area contributed by atoms with E-state index < -0.39 is 15.3 Å². The lowest BCUT2D eigenvalue weighted by Crippen LogP contribution is -2.49. The Balaban J connectivity index is 1.66. The van der Waals surface area contributed by atoms with Gasteiger partial charge in [-0.2, -0.15) is 0 Å². The zero-order valence-corrected chi connectivity index (χ0v) is 14.0. The van der Waals surface area contributed by atoms with E-state index in [-0.39, 0.29) is 18.5 Å². The van der Waals surface area contributed by atoms with Gasteiger partial charge in [-0.15, -0.1) is 0 Å². The second kappa shape index (κ2) is 6.97. The first kappa shape index (κ1) is 16.4. The molecule has 1 atom stereocenters. The Labute approximate surface area is 137 Å². The fourth-order valence-electron chi connectivity index (χ4n) is 3.43. The smallest absolute Gasteiger partial charge is 0.254 e. The Bertz CT molecular complexity index is 642. The first-order valence-corrected chi connectivity index (χ1v) is 9.81. The molecule has 2 aliphatic rings. The minimum absolute atomic E-state index is 0.0753. The third kappa shape index (κ3) is 3.90. The van der Waals surface area contributed by atoms with Crippen LogP contribution in [-0.4, -0.2) is 48.6 Å². The third-order valence-corrected chi connectivity index (χ3v) is 6.64. The maximum absolute atomic E-state index is 12.6. The number of amides is 1. The first-order chi connectivity index (χ1) is 11.1. The van der Waals surface area contributed by atoms with Gasteiger partial charge in [-0.3, -0.25) is 9.78 Å². The van der Waals surface area contributed by atoms with Crippen LogP contribution in [0.5, 0.6) is 0 Å². The number of aromatic nitrogens is 1. The minimum Gasteiger partial charge on any atom is -0.337 e. The van der Waals surface area contributed by atoms with Crippen molar-refractivity contribution in [1.29, 1.82) is 0 Å². The number of carbonyl (C=O) groups is 1. The monoisotopic (exact) mass is 337 g/mol. The number of likely N-dealkylation sites (tertiary alicyclic amines) is 1. The molecule has 0 aromatic carbocycles. The van der Waals surface area contributed by atoms with Gasteiger partial charge in [-0.25, -0.2) is 13.1 Å². The molecule has 23 heavy (non-hydrogen) atoms. The zero-order chi connectivity index (χ0) is 16.3. The van der Waals surface area contributed by atoms with E-state index in [0.717, 1.165) is 25.7 Å². The summed E-state index contributed by atoms with van der Waals surface area (Å²) in [5.41, 5.74) is 0.557. The molecule has 1 aromatic rings. The molecule has 0 radical (unpaired) electrons. The molecule has 1 aliphatic carbocycles. The highest BCUT2D eigenvalue weighted by atomic mass is 32.2. The number of nitrogens with zero attached hydrogens (tertiary/aromatic N) is 2. The fraction of sp³-hybridized carbons (Fsp3) is 0.625. The lowest BCUT2D eigenvalue weighted by molar-refractivity contribution is 0.0726. The maximum Gasteiger partial charge on any atom is 0.254 e. The molecule has 2 fully saturated rings. The topological polar surface area (TPSA) is 79.4 Å². The average molecular weight is 337 g/mol. The highest BCUT2D eigenvalue weighted by Crippen LogP contribution is 2.22. The van der Waals surface area contributed by atoms with Crippen LogP contribution in [0.1, 0.15) is 48.9 Å². The number of hydrogen-bond donors (Lipinski definition) is 1. The molecule has 0 spiro atoms. The van der Waals surface area contributed by atoms with Gasteiger partial charge in [-0.1, -0.05) is 12.8 Å². The molecule has 1 aromatic heterocycles. The first-order valence-electron chi connectivity index (χ1n) is 8.27. The molecular formula is C16H23N3O3S. The molecule has 1 saturated heterocycles. The standard InChI is InChI=1S/C16H23N3O3S/c20-16(13-7-9-17-10-8-13)19-11-3-6-15(12-19)23(21,22)18-14-4-1-2-5-14/h7-10,14-15,18H,1-6,11-12H2/t15-/m0/s1. The van der Waals surface area contributed by atoms with E-state index in [9.17, 15) is 13.2 Å². The predicted molar refractivity (Wildman–Crippen MR) is 87.5 cm³/mol. The predicted octanol–water partition coefficient (Wildman–Crippen LogP) is 1.55. The van der Waals surface area contributed by atoms with Gasteiger partial charge in [0.2, 0.25) is 10.0 Å². The Morgan fingerprint density at radius 2 is 1.83 bits per heavy atom. The summed E-state index contributed by atoms with van der Waals surface area (Å²) in [6, 6.07) is 3.40. The van der Waals surface area contributed by atoms with E-state index in [1.807, 2.05) is 0 Å². The number of hydrogen-bond acceptors (Lipinski definition) is 4. The van der Waals surface area contributed by atoms with Crippen LogP contribution >= 0.6 is 0 Å². The molecule has 1 aliphatic heterocycles. The maximum atomic E-state index is 12.6. The van der Waals surface area contributed by atoms with Gasteiger partial charge in [0.25, 0.3) is 5.91 Å². The van der Waals surface area contributed by atoms with Gasteiger partial charge >= 0.3 is 0 Å². The summed E-state index contributed by atoms with van der Waals surface area (Å²) < 4.78 is 28.0. The van der Waals surface area contributed by atoms with Crippen molar-refractivity contribution in [3.8, 4) is 0 Å². The summed E-state index contributed by atoms with van der Waals surface area (Å²) >= 11 is 0. The summed E-state index contributed by atoms with van der Waals surface area (Å²) in [6.45, 7) is 0.875. The van der Waals surface area contributed by atoms with Crippen LogP contribution in [0.25, 0.3) is 0 Å². The van der Waals surface area contributed by atoms with Crippen LogP contribution in [0, 0.1) is 0 Å². The highest BCUT2D eigenvalue weighted by Gasteiger charge is 2.34. The van der Waals surface area contributed by atoms with Crippen LogP contribution in [-0.2, 0) is 10.0 Å². The molecule has 6 nitrogen and oxygen atoms in total. The summed E-state index contributed by atoms with van der Waals surface area (Å²) in [5, 5.41) is -0.511. The SMILES string of the molecule is O=C(c1ccncc1)N1CCC[C@H](S(=O)(=O)NC2CCCC2)C1. The van der Waals surface area contributed by atoms with Crippen molar-refractivity contribution in [3.63, 3.8) is 0 Å². The van der Waals surface area contributed by atoms with E-state index in [4.69, 9.17) is 0 Å². The average Bonchev–Trinajstić information content (AvgIpc) is 3.07. The van der Waals surface area contributed by atoms with Gasteiger partial charge in [0.05, 0.1) is 5.25 Å². The number of pyridine rings is 1. The Morgan fingerprint density at radius 3 is 2.52 bits per heavy atom. The number of rotatable bonds is 4. The molecular weight excluding hydrogens is 314 g/mol. The van der Waals surface area contributed by atoms with E-state index in [0.29, 0.717) is 24.9 Å². The molecule has 7 heteroatoms. The number of piperidine rings is 1. The third-order valence-electron chi connectivity index (χ3n) is 4.72. The lowest BCUT2D eigenvalue weighted by Gasteiger charge is -2.33. The number of sulfonamides is 1. The lowest BCUT2D eigenvalue weighted by atomic mass is 10.1. The molecule has 2 heterocycles. The van der Waals surface area contributed by atoms with Crippen LogP contribution < -0.4 is 4.72 Å². The quantitative estimate of drug-likeness (QED) is 0.904. The van der Waals surface area contributed by atoms with Crippen LogP contribution in [0.3, 0.4) is 0 Å². The van der Waals surface area contributed by atoms with Crippen molar-refractivity contribution in [2.75, 3.05) is 13.1 Å². The normalized spacial score (nSPS) is 23.1. The zero-order valence-electron chi connectivity index (χ0n) is 13.1. The number of carbonyl (C=O) groups excluding carboxylic acids is 1. The van der Waals surface area contributed by atoms with Crippen LogP contribution in [0.2, 0.25) is 0 Å². The second-order valence-electron chi connectivity index (χ2n) is 6.40. The Hall–Kier alpha value is -1.47. The summed E-state index contributed by atoms with van der Waals surface area (Å²) in [4.78, 5) is 18.1. The van der Waals surface area contributed by atoms with Crippen molar-refractivity contribution in [3.05, 3.63) is 30.1 Å². The van der Waals surface area contributed by atoms with E-state index in [1.165, 1.54) is 0 Å². The highest BCUT2D eigenvalue weighted by molar-refractivity contribution is 7.90. The molecule has 0 unspecified atom stereocenters. The second-order valence-corrected chi connectivity index (χ2v) is 8.39. The van der Waals surface area contributed by atoms with Crippen LogP contribution in [0.15, 0.2) is 24.5 Å². The summed E-state index contributed by atoms with van der Waals surface area (Å²) in [5.74, 6) is -0.117. The Kier molecular flexibility index (Phi) is 4.96. The van der Waals surface area contributed by atoms with E-state index >= 15 is 0 Å². The van der Waals surface area contributed by atoms with E-state index in [2.05, 4.69) is 9.71 Å². The van der Waals surface area contributed by atoms with Gasteiger partial charge in [0.1, 0.15) is 0 Å². The van der Waals surface area contributed by atoms with Crippen molar-refractivity contribution in [2.45, 2.75) is 49.8 Å². The molecule has 3 rings (SSSR count). The van der Waals surface area contributed by atoms with Crippen molar-refractivity contribution in [2.24, 2.45) is 0 Å². The molecule has 126 valence electrons. The van der Waals surface area contributed by atoms with Crippen molar-refractivity contribution in [1.82, 2.24) is 14.6 Å². The fourth-order valence-corrected chi connectivity index (χ4v) is 5.17. The molecule has 1 N–H and O–H groups in total. The van der Waals surface area contributed by atoms with E-state index in [1.54, 1.807) is 29.4 Å². The summed E-state index contributed by atoms with van der Waals surface area (Å²) in [6.07, 6.45) is 8.50. The molecule has 1 saturated carbocycles. The molecule has 1 amide bonds. The van der Waals surface area contributed by atoms with Crippen LogP contribution in [0.4, 0.5) is 0 Å². The summed E-state index contributed by atoms with van der Waals surface area (Å²) in [7, 11) is -3.37. The minimum atomic E-state index is -3.37. The molecule has 0 bridgehead atoms. The largest absolute Gasteiger partial charge is 0.337 e. The van der Waals surface area contributed by atoms with Crippen molar-refractivity contribution >= 4 is 15.9 Å². The van der Waals surface area contributed by atoms with Gasteiger partial charge in [-0.05, 0) is 37.8 Å². The van der Waals surface area contributed by atoms with Gasteiger partial charge < -0.3 is 4.90 Å². The van der Waals surface area contributed by atoms with Gasteiger partial charge in [0.15, 0.2) is 0 Å². The number of nitrogens with one attached hydrogen (secondary N) is 1.